The van der Waals surface area contributed by atoms with Crippen LogP contribution in [0.2, 0.25) is 0 Å². The summed E-state index contributed by atoms with van der Waals surface area (Å²) in [5, 5.41) is 6.24. The predicted octanol–water partition coefficient (Wildman–Crippen LogP) is 2.62. The second-order valence-electron chi connectivity index (χ2n) is 6.67. The number of nitrogens with one attached hydrogen (secondary N) is 2. The quantitative estimate of drug-likeness (QED) is 0.769. The molecule has 1 saturated heterocycles. The Kier molecular flexibility index (Phi) is 5.96. The molecular formula is C20H23F2N3O. The predicted molar refractivity (Wildman–Crippen MR) is 96.5 cm³/mol. The van der Waals surface area contributed by atoms with Gasteiger partial charge in [-0.05, 0) is 36.2 Å². The first-order chi connectivity index (χ1) is 12.5. The van der Waals surface area contributed by atoms with Crippen molar-refractivity contribution in [1.29, 1.82) is 0 Å². The molecule has 3 atom stereocenters. The molecule has 1 aliphatic heterocycles. The van der Waals surface area contributed by atoms with E-state index in [1.807, 2.05) is 30.3 Å². The van der Waals surface area contributed by atoms with E-state index in [4.69, 9.17) is 5.73 Å². The fourth-order valence-corrected chi connectivity index (χ4v) is 3.44. The molecule has 138 valence electrons. The van der Waals surface area contributed by atoms with Crippen LogP contribution in [0.3, 0.4) is 0 Å². The van der Waals surface area contributed by atoms with E-state index in [1.54, 1.807) is 6.07 Å². The van der Waals surface area contributed by atoms with Crippen LogP contribution >= 0.6 is 0 Å². The van der Waals surface area contributed by atoms with Gasteiger partial charge in [-0.3, -0.25) is 4.79 Å². The molecule has 6 heteroatoms. The maximum absolute atomic E-state index is 13.6. The van der Waals surface area contributed by atoms with E-state index >= 15 is 0 Å². The Morgan fingerprint density at radius 1 is 1.19 bits per heavy atom. The van der Waals surface area contributed by atoms with E-state index in [2.05, 4.69) is 10.6 Å². The summed E-state index contributed by atoms with van der Waals surface area (Å²) in [6, 6.07) is 12.8. The average Bonchev–Trinajstić information content (AvgIpc) is 2.65. The molecule has 26 heavy (non-hydrogen) atoms. The molecule has 0 bridgehead atoms. The van der Waals surface area contributed by atoms with Crippen molar-refractivity contribution in [3.63, 3.8) is 0 Å². The molecule has 3 rings (SSSR count). The molecule has 1 aliphatic rings. The van der Waals surface area contributed by atoms with Crippen molar-refractivity contribution >= 4 is 5.91 Å². The average molecular weight is 359 g/mol. The fraction of sp³-hybridized carbons (Fsp3) is 0.350. The van der Waals surface area contributed by atoms with Crippen LogP contribution in [0.5, 0.6) is 0 Å². The molecule has 1 fully saturated rings. The van der Waals surface area contributed by atoms with Gasteiger partial charge < -0.3 is 16.4 Å². The van der Waals surface area contributed by atoms with E-state index in [9.17, 15) is 13.6 Å². The second kappa shape index (κ2) is 8.38. The van der Waals surface area contributed by atoms with E-state index in [-0.39, 0.29) is 30.3 Å². The number of rotatable bonds is 5. The van der Waals surface area contributed by atoms with Gasteiger partial charge in [0, 0.05) is 31.0 Å². The summed E-state index contributed by atoms with van der Waals surface area (Å²) < 4.78 is 26.8. The molecule has 1 heterocycles. The lowest BCUT2D eigenvalue weighted by atomic mass is 9.85. The zero-order valence-electron chi connectivity index (χ0n) is 14.4. The van der Waals surface area contributed by atoms with Gasteiger partial charge in [0.05, 0.1) is 0 Å². The Morgan fingerprint density at radius 3 is 2.69 bits per heavy atom. The molecule has 0 saturated carbocycles. The smallest absolute Gasteiger partial charge is 0.222 e. The number of halogens is 2. The maximum atomic E-state index is 13.6. The molecule has 4 N–H and O–H groups in total. The van der Waals surface area contributed by atoms with Gasteiger partial charge in [0.2, 0.25) is 5.91 Å². The van der Waals surface area contributed by atoms with Gasteiger partial charge in [0.25, 0.3) is 0 Å². The second-order valence-corrected chi connectivity index (χ2v) is 6.67. The topological polar surface area (TPSA) is 67.2 Å². The third-order valence-corrected chi connectivity index (χ3v) is 4.83. The van der Waals surface area contributed by atoms with Crippen LogP contribution in [0.1, 0.15) is 35.9 Å². The highest BCUT2D eigenvalue weighted by atomic mass is 19.2. The molecule has 4 nitrogen and oxygen atoms in total. The van der Waals surface area contributed by atoms with Crippen molar-refractivity contribution in [2.75, 3.05) is 13.1 Å². The number of benzene rings is 2. The molecule has 2 aromatic carbocycles. The first-order valence-electron chi connectivity index (χ1n) is 8.80. The highest BCUT2D eigenvalue weighted by Gasteiger charge is 2.28. The van der Waals surface area contributed by atoms with Crippen LogP contribution in [0, 0.1) is 11.6 Å². The minimum atomic E-state index is -0.864. The number of nitrogens with two attached hydrogens (primary N) is 1. The zero-order valence-corrected chi connectivity index (χ0v) is 14.4. The highest BCUT2D eigenvalue weighted by molar-refractivity contribution is 5.77. The van der Waals surface area contributed by atoms with Crippen molar-refractivity contribution in [2.24, 2.45) is 5.73 Å². The van der Waals surface area contributed by atoms with Gasteiger partial charge in [-0.2, -0.15) is 0 Å². The number of carbonyl (C=O) groups excluding carboxylic acids is 1. The minimum Gasteiger partial charge on any atom is -0.351 e. The highest BCUT2D eigenvalue weighted by Crippen LogP contribution is 2.27. The molecule has 3 unspecified atom stereocenters. The standard InChI is InChI=1S/C20H23F2N3O/c21-16-7-6-14(10-17(16)22)15-8-9-24-12-19(15)25-20(26)11-18(23)13-4-2-1-3-5-13/h1-7,10,15,18-19,24H,8-9,11-12,23H2,(H,25,26). The van der Waals surface area contributed by atoms with Gasteiger partial charge in [-0.25, -0.2) is 8.78 Å². The molecule has 0 aliphatic carbocycles. The van der Waals surface area contributed by atoms with E-state index in [0.29, 0.717) is 12.1 Å². The molecule has 0 spiro atoms. The van der Waals surface area contributed by atoms with Crippen molar-refractivity contribution < 1.29 is 13.6 Å². The lowest BCUT2D eigenvalue weighted by Gasteiger charge is -2.33. The summed E-state index contributed by atoms with van der Waals surface area (Å²) in [6.07, 6.45) is 0.909. The van der Waals surface area contributed by atoms with Crippen LogP contribution in [-0.4, -0.2) is 25.0 Å². The largest absolute Gasteiger partial charge is 0.351 e. The summed E-state index contributed by atoms with van der Waals surface area (Å²) in [5.74, 6) is -1.94. The van der Waals surface area contributed by atoms with Crippen molar-refractivity contribution in [3.05, 3.63) is 71.3 Å². The molecule has 1 amide bonds. The first-order valence-corrected chi connectivity index (χ1v) is 8.80. The fourth-order valence-electron chi connectivity index (χ4n) is 3.44. The monoisotopic (exact) mass is 359 g/mol. The van der Waals surface area contributed by atoms with Gasteiger partial charge in [0.15, 0.2) is 11.6 Å². The summed E-state index contributed by atoms with van der Waals surface area (Å²) in [7, 11) is 0. The Morgan fingerprint density at radius 2 is 1.96 bits per heavy atom. The Hall–Kier alpha value is -2.31. The number of piperidine rings is 1. The summed E-state index contributed by atoms with van der Waals surface area (Å²) >= 11 is 0. The van der Waals surface area contributed by atoms with Crippen LogP contribution in [0.4, 0.5) is 8.78 Å². The van der Waals surface area contributed by atoms with Gasteiger partial charge >= 0.3 is 0 Å². The minimum absolute atomic E-state index is 0.0664. The SMILES string of the molecule is NC(CC(=O)NC1CNCCC1c1ccc(F)c(F)c1)c1ccccc1. The maximum Gasteiger partial charge on any atom is 0.222 e. The zero-order chi connectivity index (χ0) is 18.5. The third kappa shape index (κ3) is 4.45. The number of amides is 1. The van der Waals surface area contributed by atoms with Crippen molar-refractivity contribution in [3.8, 4) is 0 Å². The van der Waals surface area contributed by atoms with Crippen molar-refractivity contribution in [2.45, 2.75) is 30.8 Å². The van der Waals surface area contributed by atoms with E-state index in [0.717, 1.165) is 24.6 Å². The molecule has 0 radical (unpaired) electrons. The summed E-state index contributed by atoms with van der Waals surface area (Å²) in [6.45, 7) is 1.34. The van der Waals surface area contributed by atoms with Gasteiger partial charge in [-0.15, -0.1) is 0 Å². The van der Waals surface area contributed by atoms with Crippen LogP contribution in [0.25, 0.3) is 0 Å². The van der Waals surface area contributed by atoms with Gasteiger partial charge in [-0.1, -0.05) is 36.4 Å². The molecule has 2 aromatic rings. The number of carbonyl (C=O) groups is 1. The molecular weight excluding hydrogens is 336 g/mol. The lowest BCUT2D eigenvalue weighted by Crippen LogP contribution is -2.50. The summed E-state index contributed by atoms with van der Waals surface area (Å²) in [4.78, 5) is 12.4. The van der Waals surface area contributed by atoms with Crippen LogP contribution in [0.15, 0.2) is 48.5 Å². The Labute approximate surface area is 151 Å². The van der Waals surface area contributed by atoms with Crippen molar-refractivity contribution in [1.82, 2.24) is 10.6 Å². The number of hydrogen-bond donors (Lipinski definition) is 3. The first kappa shape index (κ1) is 18.5. The summed E-state index contributed by atoms with van der Waals surface area (Å²) in [5.41, 5.74) is 7.72. The van der Waals surface area contributed by atoms with E-state index < -0.39 is 11.6 Å². The van der Waals surface area contributed by atoms with E-state index in [1.165, 1.54) is 6.07 Å². The van der Waals surface area contributed by atoms with Crippen LogP contribution < -0.4 is 16.4 Å². The Bertz CT molecular complexity index is 754. The lowest BCUT2D eigenvalue weighted by molar-refractivity contribution is -0.122. The van der Waals surface area contributed by atoms with Crippen LogP contribution in [-0.2, 0) is 4.79 Å². The number of hydrogen-bond acceptors (Lipinski definition) is 3. The third-order valence-electron chi connectivity index (χ3n) is 4.83. The molecule has 0 aromatic heterocycles. The van der Waals surface area contributed by atoms with Gasteiger partial charge in [0.1, 0.15) is 0 Å². The normalized spacial score (nSPS) is 21.2. The Balaban J connectivity index is 1.66.